The molecule has 5 rings (SSSR count). The lowest BCUT2D eigenvalue weighted by Crippen LogP contribution is -2.49. The molecule has 5 nitrogen and oxygen atoms in total. The van der Waals surface area contributed by atoms with Crippen molar-refractivity contribution in [2.75, 3.05) is 5.32 Å². The number of amides is 3. The van der Waals surface area contributed by atoms with Crippen LogP contribution in [0.5, 0.6) is 0 Å². The number of halogens is 1. The second-order valence-corrected chi connectivity index (χ2v) is 10.5. The van der Waals surface area contributed by atoms with Crippen LogP contribution in [0.4, 0.5) is 5.69 Å². The lowest BCUT2D eigenvalue weighted by atomic mass is 9.85. The summed E-state index contributed by atoms with van der Waals surface area (Å²) in [6.45, 7) is 4.10. The maximum absolute atomic E-state index is 13.8. The Morgan fingerprint density at radius 1 is 1.00 bits per heavy atom. The first kappa shape index (κ1) is 23.0. The molecule has 2 aliphatic carbocycles. The molecule has 0 spiro atoms. The van der Waals surface area contributed by atoms with E-state index < -0.39 is 6.04 Å². The topological polar surface area (TPSA) is 66.5 Å². The zero-order valence-electron chi connectivity index (χ0n) is 19.5. The third kappa shape index (κ3) is 3.82. The van der Waals surface area contributed by atoms with Crippen molar-refractivity contribution in [2.24, 2.45) is 23.7 Å². The number of hydrogen-bond acceptors (Lipinski definition) is 3. The lowest BCUT2D eigenvalue weighted by molar-refractivity contribution is -0.147. The van der Waals surface area contributed by atoms with Crippen LogP contribution in [-0.2, 0) is 33.6 Å². The summed E-state index contributed by atoms with van der Waals surface area (Å²) in [6.07, 6.45) is 6.84. The van der Waals surface area contributed by atoms with Gasteiger partial charge in [0.25, 0.3) is 0 Å². The molecule has 34 heavy (non-hydrogen) atoms. The van der Waals surface area contributed by atoms with Gasteiger partial charge in [0.2, 0.25) is 17.7 Å². The molecule has 5 atom stereocenters. The first-order valence-electron chi connectivity index (χ1n) is 12.1. The summed E-state index contributed by atoms with van der Waals surface area (Å²) >= 11 is 3.57. The maximum atomic E-state index is 13.8. The van der Waals surface area contributed by atoms with E-state index in [9.17, 15) is 14.4 Å². The number of benzene rings is 2. The molecular formula is C28H29BrN2O3. The van der Waals surface area contributed by atoms with Crippen LogP contribution in [0.15, 0.2) is 59.1 Å². The fourth-order valence-corrected chi connectivity index (χ4v) is 6.57. The normalized spacial score (nSPS) is 25.7. The molecule has 2 aromatic carbocycles. The van der Waals surface area contributed by atoms with E-state index in [4.69, 9.17) is 0 Å². The standard InChI is InChI=1S/C28H29BrN2O3/c1-3-17-14-21(29)15-18(4-2)25(17)30-26(32)22(12-16-8-6-5-7-9-16)31-27(33)23-19-10-11-20(13-19)24(23)28(31)34/h5-11,14-15,19-20,22-24H,3-4,12-13H2,1-2H3,(H,30,32)/t19-,20-,22+,23-,24-/m0/s1. The predicted molar refractivity (Wildman–Crippen MR) is 135 cm³/mol. The second-order valence-electron chi connectivity index (χ2n) is 9.55. The van der Waals surface area contributed by atoms with Crippen LogP contribution in [0.25, 0.3) is 0 Å². The number of carbonyl (C=O) groups excluding carboxylic acids is 3. The smallest absolute Gasteiger partial charge is 0.248 e. The third-order valence-corrected chi connectivity index (χ3v) is 8.12. The summed E-state index contributed by atoms with van der Waals surface area (Å²) in [4.78, 5) is 42.2. The Hall–Kier alpha value is -2.73. The highest BCUT2D eigenvalue weighted by atomic mass is 79.9. The number of allylic oxidation sites excluding steroid dienone is 2. The van der Waals surface area contributed by atoms with Crippen LogP contribution in [0.1, 0.15) is 37.0 Å². The summed E-state index contributed by atoms with van der Waals surface area (Å²) in [5.74, 6) is -1.10. The number of nitrogens with zero attached hydrogens (tertiary/aromatic N) is 1. The highest BCUT2D eigenvalue weighted by Crippen LogP contribution is 2.53. The molecule has 6 heteroatoms. The summed E-state index contributed by atoms with van der Waals surface area (Å²) < 4.78 is 0.973. The van der Waals surface area contributed by atoms with Gasteiger partial charge >= 0.3 is 0 Å². The second kappa shape index (κ2) is 9.14. The predicted octanol–water partition coefficient (Wildman–Crippen LogP) is 4.93. The van der Waals surface area contributed by atoms with Crippen LogP contribution < -0.4 is 5.32 Å². The number of fused-ring (bicyclic) bond motifs is 5. The molecule has 1 N–H and O–H groups in total. The van der Waals surface area contributed by atoms with Crippen LogP contribution in [0.3, 0.4) is 0 Å². The highest BCUT2D eigenvalue weighted by molar-refractivity contribution is 9.10. The Kier molecular flexibility index (Phi) is 6.19. The largest absolute Gasteiger partial charge is 0.324 e. The fourth-order valence-electron chi connectivity index (χ4n) is 6.02. The molecule has 3 amide bonds. The van der Waals surface area contributed by atoms with Gasteiger partial charge in [0.05, 0.1) is 11.8 Å². The van der Waals surface area contributed by atoms with Crippen molar-refractivity contribution in [3.05, 3.63) is 75.8 Å². The van der Waals surface area contributed by atoms with Gasteiger partial charge in [-0.15, -0.1) is 0 Å². The van der Waals surface area contributed by atoms with Gasteiger partial charge in [0.1, 0.15) is 6.04 Å². The number of rotatable bonds is 7. The van der Waals surface area contributed by atoms with Gasteiger partial charge in [0.15, 0.2) is 0 Å². The van der Waals surface area contributed by atoms with Crippen LogP contribution in [0, 0.1) is 23.7 Å². The molecule has 1 saturated heterocycles. The van der Waals surface area contributed by atoms with Crippen molar-refractivity contribution >= 4 is 39.3 Å². The van der Waals surface area contributed by atoms with Crippen molar-refractivity contribution in [3.63, 3.8) is 0 Å². The van der Waals surface area contributed by atoms with Crippen molar-refractivity contribution in [2.45, 2.75) is 45.6 Å². The van der Waals surface area contributed by atoms with Gasteiger partial charge in [-0.1, -0.05) is 72.3 Å². The van der Waals surface area contributed by atoms with E-state index in [1.807, 2.05) is 42.5 Å². The average molecular weight is 521 g/mol. The lowest BCUT2D eigenvalue weighted by Gasteiger charge is -2.28. The molecule has 0 radical (unpaired) electrons. The molecule has 1 heterocycles. The van der Waals surface area contributed by atoms with Gasteiger partial charge in [0, 0.05) is 16.6 Å². The fraction of sp³-hybridized carbons (Fsp3) is 0.393. The summed E-state index contributed by atoms with van der Waals surface area (Å²) in [7, 11) is 0. The zero-order chi connectivity index (χ0) is 24.0. The van der Waals surface area contributed by atoms with Crippen molar-refractivity contribution in [1.29, 1.82) is 0 Å². The van der Waals surface area contributed by atoms with Gasteiger partial charge in [-0.3, -0.25) is 19.3 Å². The van der Waals surface area contributed by atoms with E-state index >= 15 is 0 Å². The molecule has 0 aromatic heterocycles. The minimum Gasteiger partial charge on any atom is -0.324 e. The number of nitrogens with one attached hydrogen (secondary N) is 1. The molecule has 2 fully saturated rings. The number of carbonyl (C=O) groups is 3. The molecule has 2 aromatic rings. The van der Waals surface area contributed by atoms with E-state index in [0.717, 1.165) is 46.1 Å². The van der Waals surface area contributed by atoms with Gasteiger partial charge in [-0.25, -0.2) is 0 Å². The number of anilines is 1. The number of likely N-dealkylation sites (tertiary alicyclic amines) is 1. The molecule has 176 valence electrons. The number of aryl methyl sites for hydroxylation is 2. The van der Waals surface area contributed by atoms with Gasteiger partial charge in [-0.2, -0.15) is 0 Å². The van der Waals surface area contributed by atoms with Gasteiger partial charge in [-0.05, 0) is 59.9 Å². The van der Waals surface area contributed by atoms with E-state index in [2.05, 4.69) is 47.2 Å². The monoisotopic (exact) mass is 520 g/mol. The summed E-state index contributed by atoms with van der Waals surface area (Å²) in [5.41, 5.74) is 3.76. The van der Waals surface area contributed by atoms with Crippen molar-refractivity contribution < 1.29 is 14.4 Å². The maximum Gasteiger partial charge on any atom is 0.248 e. The van der Waals surface area contributed by atoms with E-state index in [0.29, 0.717) is 6.42 Å². The van der Waals surface area contributed by atoms with Crippen molar-refractivity contribution in [1.82, 2.24) is 4.90 Å². The summed E-state index contributed by atoms with van der Waals surface area (Å²) in [6, 6.07) is 12.8. The molecule has 0 unspecified atom stereocenters. The first-order chi connectivity index (χ1) is 16.4. The molecule has 3 aliphatic rings. The minimum absolute atomic E-state index is 0.113. The quantitative estimate of drug-likeness (QED) is 0.415. The van der Waals surface area contributed by atoms with Crippen LogP contribution >= 0.6 is 15.9 Å². The van der Waals surface area contributed by atoms with Gasteiger partial charge < -0.3 is 5.32 Å². The molecule has 1 saturated carbocycles. The Labute approximate surface area is 208 Å². The third-order valence-electron chi connectivity index (χ3n) is 7.67. The Bertz CT molecular complexity index is 1120. The molecule has 1 aliphatic heterocycles. The van der Waals surface area contributed by atoms with E-state index in [1.165, 1.54) is 4.90 Å². The summed E-state index contributed by atoms with van der Waals surface area (Å²) in [5, 5.41) is 3.13. The SMILES string of the molecule is CCc1cc(Br)cc(CC)c1NC(=O)[C@@H](Cc1ccccc1)N1C(=O)[C@@H]2[C@@H](C1=O)[C@H]1C=C[C@H]2C1. The highest BCUT2D eigenvalue weighted by Gasteiger charge is 2.61. The van der Waals surface area contributed by atoms with E-state index in [1.54, 1.807) is 0 Å². The molecular weight excluding hydrogens is 492 g/mol. The zero-order valence-corrected chi connectivity index (χ0v) is 21.0. The number of imide groups is 1. The number of hydrogen-bond donors (Lipinski definition) is 1. The Morgan fingerprint density at radius 2 is 1.56 bits per heavy atom. The van der Waals surface area contributed by atoms with Crippen molar-refractivity contribution in [3.8, 4) is 0 Å². The first-order valence-corrected chi connectivity index (χ1v) is 12.9. The average Bonchev–Trinajstić information content (AvgIpc) is 3.53. The Balaban J connectivity index is 1.50. The van der Waals surface area contributed by atoms with E-state index in [-0.39, 0.29) is 41.4 Å². The molecule has 2 bridgehead atoms. The van der Waals surface area contributed by atoms with Crippen LogP contribution in [-0.4, -0.2) is 28.7 Å². The van der Waals surface area contributed by atoms with Crippen LogP contribution in [0.2, 0.25) is 0 Å². The minimum atomic E-state index is -0.884. The Morgan fingerprint density at radius 3 is 2.09 bits per heavy atom.